The van der Waals surface area contributed by atoms with Crippen LogP contribution in [0.3, 0.4) is 0 Å². The maximum absolute atomic E-state index is 12.7. The van der Waals surface area contributed by atoms with Gasteiger partial charge in [0.05, 0.1) is 25.6 Å². The molecule has 0 bridgehead atoms. The van der Waals surface area contributed by atoms with E-state index < -0.39 is 7.14 Å². The van der Waals surface area contributed by atoms with E-state index in [2.05, 4.69) is 36.6 Å². The maximum Gasteiger partial charge on any atom is 0.409 e. The van der Waals surface area contributed by atoms with Crippen LogP contribution in [0, 0.1) is 5.41 Å². The Labute approximate surface area is 241 Å². The van der Waals surface area contributed by atoms with Gasteiger partial charge in [0.1, 0.15) is 19.2 Å². The van der Waals surface area contributed by atoms with Gasteiger partial charge in [0, 0.05) is 43.2 Å². The number of carbonyl (C=O) groups is 1. The Hall–Kier alpha value is -3.85. The second-order valence-corrected chi connectivity index (χ2v) is 14.3. The first-order valence-corrected chi connectivity index (χ1v) is 16.4. The summed E-state index contributed by atoms with van der Waals surface area (Å²) in [7, 11) is 0.599. The normalized spacial score (nSPS) is 16.8. The molecule has 2 fully saturated rings. The van der Waals surface area contributed by atoms with Crippen molar-refractivity contribution in [3.8, 4) is 5.75 Å². The molecule has 0 unspecified atom stereocenters. The van der Waals surface area contributed by atoms with Gasteiger partial charge in [-0.1, -0.05) is 12.1 Å². The molecule has 41 heavy (non-hydrogen) atoms. The number of nitrogens with one attached hydrogen (secondary N) is 2. The van der Waals surface area contributed by atoms with E-state index in [1.54, 1.807) is 20.4 Å². The molecule has 1 amide bonds. The van der Waals surface area contributed by atoms with E-state index in [1.807, 2.05) is 41.3 Å². The lowest BCUT2D eigenvalue weighted by molar-refractivity contribution is 0.0646. The van der Waals surface area contributed by atoms with Crippen molar-refractivity contribution < 1.29 is 18.8 Å². The molecule has 2 aliphatic heterocycles. The van der Waals surface area contributed by atoms with Crippen molar-refractivity contribution in [3.05, 3.63) is 48.8 Å². The summed E-state index contributed by atoms with van der Waals surface area (Å²) in [6, 6.07) is 13.6. The number of nitrogens with zero attached hydrogens (tertiary/aromatic N) is 5. The Morgan fingerprint density at radius 2 is 1.54 bits per heavy atom. The highest BCUT2D eigenvalue weighted by Crippen LogP contribution is 2.43. The maximum atomic E-state index is 12.7. The fourth-order valence-electron chi connectivity index (χ4n) is 5.72. The minimum atomic E-state index is -2.49. The van der Waals surface area contributed by atoms with Gasteiger partial charge in [-0.3, -0.25) is 0 Å². The second-order valence-electron chi connectivity index (χ2n) is 11.1. The van der Waals surface area contributed by atoms with Crippen LogP contribution in [0.15, 0.2) is 48.8 Å². The molecular weight excluding hydrogens is 541 g/mol. The number of anilines is 5. The number of likely N-dealkylation sites (tertiary alicyclic amines) is 1. The molecular formula is C29H38N7O4P. The van der Waals surface area contributed by atoms with E-state index in [-0.39, 0.29) is 6.09 Å². The Morgan fingerprint density at radius 3 is 2.17 bits per heavy atom. The Bertz CT molecular complexity index is 1430. The highest BCUT2D eigenvalue weighted by molar-refractivity contribution is 7.70. The summed E-state index contributed by atoms with van der Waals surface area (Å²) in [5.41, 5.74) is 2.84. The first-order chi connectivity index (χ1) is 19.7. The number of rotatable bonds is 7. The number of para-hydroxylation sites is 1. The van der Waals surface area contributed by atoms with Crippen LogP contribution in [0.4, 0.5) is 33.8 Å². The molecule has 2 saturated heterocycles. The van der Waals surface area contributed by atoms with Crippen molar-refractivity contribution in [2.45, 2.75) is 25.7 Å². The zero-order valence-electron chi connectivity index (χ0n) is 24.1. The molecule has 0 saturated carbocycles. The highest BCUT2D eigenvalue weighted by Gasteiger charge is 2.39. The lowest BCUT2D eigenvalue weighted by Crippen LogP contribution is -2.48. The van der Waals surface area contributed by atoms with Gasteiger partial charge in [-0.25, -0.2) is 14.8 Å². The minimum Gasteiger partial charge on any atom is -0.494 e. The molecule has 12 heteroatoms. The van der Waals surface area contributed by atoms with Crippen LogP contribution < -0.4 is 25.6 Å². The van der Waals surface area contributed by atoms with Crippen molar-refractivity contribution in [2.75, 3.05) is 69.3 Å². The first-order valence-electron chi connectivity index (χ1n) is 13.8. The van der Waals surface area contributed by atoms with E-state index in [0.717, 1.165) is 68.5 Å². The number of piperidine rings is 2. The summed E-state index contributed by atoms with van der Waals surface area (Å²) in [6.07, 6.45) is 5.44. The molecule has 1 aromatic heterocycles. The van der Waals surface area contributed by atoms with E-state index in [9.17, 15) is 9.36 Å². The van der Waals surface area contributed by atoms with Crippen LogP contribution in [0.25, 0.3) is 0 Å². The quantitative estimate of drug-likeness (QED) is 0.367. The molecule has 2 N–H and O–H groups in total. The van der Waals surface area contributed by atoms with Gasteiger partial charge in [0.15, 0.2) is 0 Å². The Balaban J connectivity index is 1.24. The van der Waals surface area contributed by atoms with Crippen molar-refractivity contribution in [1.29, 1.82) is 0 Å². The van der Waals surface area contributed by atoms with Gasteiger partial charge >= 0.3 is 6.09 Å². The number of amides is 1. The number of aromatic nitrogens is 3. The van der Waals surface area contributed by atoms with Gasteiger partial charge in [-0.2, -0.15) is 4.98 Å². The third-order valence-electron chi connectivity index (χ3n) is 8.18. The summed E-state index contributed by atoms with van der Waals surface area (Å²) in [4.78, 5) is 29.1. The van der Waals surface area contributed by atoms with Crippen LogP contribution in [-0.4, -0.2) is 79.7 Å². The van der Waals surface area contributed by atoms with Crippen LogP contribution in [0.2, 0.25) is 0 Å². The van der Waals surface area contributed by atoms with E-state index in [0.29, 0.717) is 28.7 Å². The number of ether oxygens (including phenoxy) is 2. The predicted molar refractivity (Wildman–Crippen MR) is 162 cm³/mol. The van der Waals surface area contributed by atoms with Gasteiger partial charge in [-0.15, -0.1) is 0 Å². The molecule has 218 valence electrons. The third kappa shape index (κ3) is 6.56. The molecule has 11 nitrogen and oxygen atoms in total. The molecule has 0 radical (unpaired) electrons. The smallest absolute Gasteiger partial charge is 0.409 e. The Morgan fingerprint density at radius 1 is 0.902 bits per heavy atom. The largest absolute Gasteiger partial charge is 0.494 e. The highest BCUT2D eigenvalue weighted by atomic mass is 31.2. The molecule has 0 atom stereocenters. The van der Waals surface area contributed by atoms with Crippen molar-refractivity contribution >= 4 is 47.5 Å². The summed E-state index contributed by atoms with van der Waals surface area (Å²) in [5.74, 6) is 1.39. The van der Waals surface area contributed by atoms with Crippen LogP contribution in [0.5, 0.6) is 5.75 Å². The number of benzene rings is 2. The minimum absolute atomic E-state index is 0.224. The standard InChI is InChI=1S/C29H38N7O4P/c1-39-24-19-21(35-15-11-29(12-16-35)13-17-36(18-14-29)28(37)40-2)9-10-22(24)32-26-30-20-31-27(34-26)33-23-7-5-6-8-25(23)41(3,4)38/h5-10,19-20H,11-18H2,1-4H3,(H2,30,31,32,33,34). The molecule has 2 aromatic carbocycles. The summed E-state index contributed by atoms with van der Waals surface area (Å²) in [6.45, 7) is 6.92. The molecule has 2 aliphatic rings. The van der Waals surface area contributed by atoms with Gasteiger partial charge < -0.3 is 34.5 Å². The van der Waals surface area contributed by atoms with E-state index in [1.165, 1.54) is 13.4 Å². The van der Waals surface area contributed by atoms with Gasteiger partial charge in [0.25, 0.3) is 0 Å². The molecule has 0 aliphatic carbocycles. The fourth-order valence-corrected chi connectivity index (χ4v) is 6.87. The SMILES string of the molecule is COC(=O)N1CCC2(CC1)CCN(c1ccc(Nc3ncnc(Nc4ccccc4P(C)(C)=O)n3)c(OC)c1)CC2. The lowest BCUT2D eigenvalue weighted by Gasteiger charge is -2.47. The molecule has 1 spiro atoms. The average Bonchev–Trinajstić information content (AvgIpc) is 2.98. The fraction of sp³-hybridized carbons (Fsp3) is 0.448. The van der Waals surface area contributed by atoms with E-state index >= 15 is 0 Å². The Kier molecular flexibility index (Phi) is 8.35. The second kappa shape index (κ2) is 11.9. The van der Waals surface area contributed by atoms with Crippen LogP contribution in [0.1, 0.15) is 25.7 Å². The van der Waals surface area contributed by atoms with Gasteiger partial charge in [-0.05, 0) is 68.7 Å². The number of carbonyl (C=O) groups excluding carboxylic acids is 1. The number of methoxy groups -OCH3 is 2. The number of hydrogen-bond acceptors (Lipinski definition) is 10. The van der Waals surface area contributed by atoms with Crippen molar-refractivity contribution in [3.63, 3.8) is 0 Å². The lowest BCUT2D eigenvalue weighted by atomic mass is 9.71. The summed E-state index contributed by atoms with van der Waals surface area (Å²) in [5, 5.41) is 7.17. The number of hydrogen-bond donors (Lipinski definition) is 2. The molecule has 5 rings (SSSR count). The van der Waals surface area contributed by atoms with Crippen LogP contribution in [-0.2, 0) is 9.30 Å². The predicted octanol–water partition coefficient (Wildman–Crippen LogP) is 5.06. The topological polar surface area (TPSA) is 122 Å². The summed E-state index contributed by atoms with van der Waals surface area (Å²) >= 11 is 0. The van der Waals surface area contributed by atoms with Crippen molar-refractivity contribution in [1.82, 2.24) is 19.9 Å². The zero-order valence-corrected chi connectivity index (χ0v) is 25.0. The van der Waals surface area contributed by atoms with Gasteiger partial charge in [0.2, 0.25) is 11.9 Å². The van der Waals surface area contributed by atoms with E-state index in [4.69, 9.17) is 9.47 Å². The summed E-state index contributed by atoms with van der Waals surface area (Å²) < 4.78 is 23.4. The monoisotopic (exact) mass is 579 g/mol. The first kappa shape index (κ1) is 28.7. The molecule has 3 heterocycles. The van der Waals surface area contributed by atoms with Crippen molar-refractivity contribution in [2.24, 2.45) is 5.41 Å². The van der Waals surface area contributed by atoms with Crippen LogP contribution >= 0.6 is 7.14 Å². The third-order valence-corrected chi connectivity index (χ3v) is 9.73. The zero-order chi connectivity index (χ0) is 29.0. The average molecular weight is 580 g/mol. The molecule has 3 aromatic rings.